The van der Waals surface area contributed by atoms with Crippen molar-refractivity contribution in [3.63, 3.8) is 0 Å². The fourth-order valence-electron chi connectivity index (χ4n) is 2.29. The van der Waals surface area contributed by atoms with Crippen molar-refractivity contribution in [3.05, 3.63) is 65.2 Å². The Balaban J connectivity index is 2.09. The van der Waals surface area contributed by atoms with Crippen LogP contribution in [0.4, 0.5) is 0 Å². The first-order valence-electron chi connectivity index (χ1n) is 7.70. The van der Waals surface area contributed by atoms with Crippen LogP contribution >= 0.6 is 0 Å². The molecule has 0 heterocycles. The third-order valence-corrected chi connectivity index (χ3v) is 3.48. The van der Waals surface area contributed by atoms with Gasteiger partial charge in [0.05, 0.1) is 11.6 Å². The number of nitriles is 1. The van der Waals surface area contributed by atoms with E-state index in [-0.39, 0.29) is 17.7 Å². The van der Waals surface area contributed by atoms with Gasteiger partial charge in [-0.2, -0.15) is 5.26 Å². The summed E-state index contributed by atoms with van der Waals surface area (Å²) in [6.45, 7) is 1.26. The van der Waals surface area contributed by atoms with Crippen LogP contribution in [0, 0.1) is 11.3 Å². The molecule has 0 aliphatic carbocycles. The van der Waals surface area contributed by atoms with Gasteiger partial charge >= 0.3 is 11.9 Å². The second kappa shape index (κ2) is 8.44. The van der Waals surface area contributed by atoms with E-state index < -0.39 is 23.9 Å². The van der Waals surface area contributed by atoms with Gasteiger partial charge in [-0.25, -0.2) is 4.79 Å². The van der Waals surface area contributed by atoms with Gasteiger partial charge in [-0.3, -0.25) is 9.59 Å². The lowest BCUT2D eigenvalue weighted by atomic mass is 10.0. The molecule has 26 heavy (non-hydrogen) atoms. The standard InChI is InChI=1S/C19H16N2O5/c1-12(22)26-16-7-5-15(6-8-16)18(23)21-17(19(24)25)10-13-3-2-4-14(9-13)11-20/h2-9,17H,10H2,1H3,(H,21,23)(H,24,25)/t17-/m0/s1. The highest BCUT2D eigenvalue weighted by molar-refractivity contribution is 5.96. The highest BCUT2D eigenvalue weighted by atomic mass is 16.5. The minimum Gasteiger partial charge on any atom is -0.480 e. The molecule has 132 valence electrons. The Bertz CT molecular complexity index is 868. The van der Waals surface area contributed by atoms with E-state index in [0.717, 1.165) is 0 Å². The molecule has 0 bridgehead atoms. The third-order valence-electron chi connectivity index (χ3n) is 3.48. The van der Waals surface area contributed by atoms with Crippen LogP contribution < -0.4 is 10.1 Å². The normalized spacial score (nSPS) is 11.1. The molecule has 7 nitrogen and oxygen atoms in total. The van der Waals surface area contributed by atoms with E-state index in [1.165, 1.54) is 31.2 Å². The number of carbonyl (C=O) groups excluding carboxylic acids is 2. The molecule has 0 unspecified atom stereocenters. The van der Waals surface area contributed by atoms with Gasteiger partial charge in [0.25, 0.3) is 5.91 Å². The van der Waals surface area contributed by atoms with Crippen molar-refractivity contribution in [2.75, 3.05) is 0 Å². The van der Waals surface area contributed by atoms with E-state index in [0.29, 0.717) is 11.1 Å². The number of carboxylic acids is 1. The van der Waals surface area contributed by atoms with E-state index >= 15 is 0 Å². The smallest absolute Gasteiger partial charge is 0.326 e. The Hall–Kier alpha value is -3.66. The summed E-state index contributed by atoms with van der Waals surface area (Å²) in [5.74, 6) is -1.94. The first-order chi connectivity index (χ1) is 12.4. The Morgan fingerprint density at radius 2 is 1.88 bits per heavy atom. The summed E-state index contributed by atoms with van der Waals surface area (Å²) in [6.07, 6.45) is 0.0438. The van der Waals surface area contributed by atoms with Crippen LogP contribution in [0.2, 0.25) is 0 Å². The third kappa shape index (κ3) is 5.18. The van der Waals surface area contributed by atoms with Crippen LogP contribution in [0.5, 0.6) is 5.75 Å². The number of benzene rings is 2. The fraction of sp³-hybridized carbons (Fsp3) is 0.158. The SMILES string of the molecule is CC(=O)Oc1ccc(C(=O)N[C@@H](Cc2cccc(C#N)c2)C(=O)O)cc1. The molecule has 0 aromatic heterocycles. The molecule has 7 heteroatoms. The van der Waals surface area contributed by atoms with Crippen molar-refractivity contribution in [2.45, 2.75) is 19.4 Å². The molecule has 0 saturated heterocycles. The minimum atomic E-state index is -1.18. The number of carboxylic acid groups (broad SMARTS) is 1. The summed E-state index contributed by atoms with van der Waals surface area (Å²) in [7, 11) is 0. The van der Waals surface area contributed by atoms with E-state index in [4.69, 9.17) is 10.00 Å². The highest BCUT2D eigenvalue weighted by Gasteiger charge is 2.21. The number of aliphatic carboxylic acids is 1. The summed E-state index contributed by atoms with van der Waals surface area (Å²) in [5.41, 5.74) is 1.28. The Morgan fingerprint density at radius 3 is 2.46 bits per heavy atom. The monoisotopic (exact) mass is 352 g/mol. The molecule has 0 spiro atoms. The molecule has 0 aliphatic rings. The van der Waals surface area contributed by atoms with E-state index in [1.54, 1.807) is 24.3 Å². The highest BCUT2D eigenvalue weighted by Crippen LogP contribution is 2.13. The van der Waals surface area contributed by atoms with Crippen molar-refractivity contribution in [1.29, 1.82) is 5.26 Å². The summed E-state index contributed by atoms with van der Waals surface area (Å²) >= 11 is 0. The Labute approximate surface area is 149 Å². The summed E-state index contributed by atoms with van der Waals surface area (Å²) < 4.78 is 4.88. The zero-order chi connectivity index (χ0) is 19.1. The van der Waals surface area contributed by atoms with Crippen LogP contribution in [0.3, 0.4) is 0 Å². The van der Waals surface area contributed by atoms with Crippen molar-refractivity contribution in [2.24, 2.45) is 0 Å². The zero-order valence-electron chi connectivity index (χ0n) is 13.9. The lowest BCUT2D eigenvalue weighted by molar-refractivity contribution is -0.139. The molecular formula is C19H16N2O5. The second-order valence-electron chi connectivity index (χ2n) is 5.50. The van der Waals surface area contributed by atoms with Gasteiger partial charge in [0, 0.05) is 18.9 Å². The molecule has 2 aromatic carbocycles. The van der Waals surface area contributed by atoms with E-state index in [1.807, 2.05) is 6.07 Å². The predicted octanol–water partition coefficient (Wildman–Crippen LogP) is 1.91. The van der Waals surface area contributed by atoms with Crippen LogP contribution in [0.25, 0.3) is 0 Å². The first-order valence-corrected chi connectivity index (χ1v) is 7.70. The molecule has 0 aliphatic heterocycles. The average molecular weight is 352 g/mol. The Morgan fingerprint density at radius 1 is 1.19 bits per heavy atom. The van der Waals surface area contributed by atoms with Crippen molar-refractivity contribution in [3.8, 4) is 11.8 Å². The minimum absolute atomic E-state index is 0.0438. The van der Waals surface area contributed by atoms with Crippen molar-refractivity contribution >= 4 is 17.8 Å². The maximum absolute atomic E-state index is 12.3. The number of nitrogens with zero attached hydrogens (tertiary/aromatic N) is 1. The van der Waals surface area contributed by atoms with Gasteiger partial charge in [-0.05, 0) is 42.0 Å². The molecule has 0 radical (unpaired) electrons. The molecule has 0 fully saturated rings. The van der Waals surface area contributed by atoms with E-state index in [2.05, 4.69) is 5.32 Å². The lowest BCUT2D eigenvalue weighted by Crippen LogP contribution is -2.42. The van der Waals surface area contributed by atoms with Gasteiger partial charge in [0.2, 0.25) is 0 Å². The maximum Gasteiger partial charge on any atom is 0.326 e. The number of ether oxygens (including phenoxy) is 1. The van der Waals surface area contributed by atoms with Gasteiger partial charge in [0.1, 0.15) is 11.8 Å². The van der Waals surface area contributed by atoms with Crippen LogP contribution in [-0.4, -0.2) is 29.0 Å². The number of amides is 1. The summed E-state index contributed by atoms with van der Waals surface area (Å²) in [6, 6.07) is 13.1. The van der Waals surface area contributed by atoms with Gasteiger partial charge in [-0.15, -0.1) is 0 Å². The quantitative estimate of drug-likeness (QED) is 0.606. The van der Waals surface area contributed by atoms with Gasteiger partial charge < -0.3 is 15.2 Å². The molecule has 0 saturated carbocycles. The van der Waals surface area contributed by atoms with Gasteiger partial charge in [0.15, 0.2) is 0 Å². The largest absolute Gasteiger partial charge is 0.480 e. The number of hydrogen-bond acceptors (Lipinski definition) is 5. The zero-order valence-corrected chi connectivity index (χ0v) is 13.9. The van der Waals surface area contributed by atoms with Crippen LogP contribution in [-0.2, 0) is 16.0 Å². The molecular weight excluding hydrogens is 336 g/mol. The Kier molecular flexibility index (Phi) is 6.06. The molecule has 1 amide bonds. The fourth-order valence-corrected chi connectivity index (χ4v) is 2.29. The summed E-state index contributed by atoms with van der Waals surface area (Å²) in [5, 5.41) is 20.7. The number of esters is 1. The summed E-state index contributed by atoms with van der Waals surface area (Å²) in [4.78, 5) is 34.6. The number of nitrogens with one attached hydrogen (secondary N) is 1. The van der Waals surface area contributed by atoms with E-state index in [9.17, 15) is 19.5 Å². The number of rotatable bonds is 6. The maximum atomic E-state index is 12.3. The van der Waals surface area contributed by atoms with Gasteiger partial charge in [-0.1, -0.05) is 12.1 Å². The number of hydrogen-bond donors (Lipinski definition) is 2. The topological polar surface area (TPSA) is 116 Å². The van der Waals surface area contributed by atoms with Crippen molar-refractivity contribution in [1.82, 2.24) is 5.32 Å². The van der Waals surface area contributed by atoms with Crippen molar-refractivity contribution < 1.29 is 24.2 Å². The first kappa shape index (κ1) is 18.7. The molecule has 2 N–H and O–H groups in total. The molecule has 2 aromatic rings. The molecule has 2 rings (SSSR count). The number of carbonyl (C=O) groups is 3. The lowest BCUT2D eigenvalue weighted by Gasteiger charge is -2.15. The molecule has 1 atom stereocenters. The second-order valence-corrected chi connectivity index (χ2v) is 5.50. The van der Waals surface area contributed by atoms with Crippen LogP contribution in [0.1, 0.15) is 28.4 Å². The predicted molar refractivity (Wildman–Crippen MR) is 91.5 cm³/mol. The van der Waals surface area contributed by atoms with Crippen LogP contribution in [0.15, 0.2) is 48.5 Å². The average Bonchev–Trinajstić information content (AvgIpc) is 2.61.